The van der Waals surface area contributed by atoms with Crippen molar-refractivity contribution < 1.29 is 9.59 Å². The molecule has 0 bridgehead atoms. The molecule has 4 nitrogen and oxygen atoms in total. The third-order valence-electron chi connectivity index (χ3n) is 2.20. The van der Waals surface area contributed by atoms with Crippen molar-refractivity contribution in [3.8, 4) is 0 Å². The maximum Gasteiger partial charge on any atom is 0.251 e. The Morgan fingerprint density at radius 1 is 1.28 bits per heavy atom. The summed E-state index contributed by atoms with van der Waals surface area (Å²) < 4.78 is 0. The number of hydrogen-bond donors (Lipinski definition) is 2. The fraction of sp³-hybridized carbons (Fsp3) is 0.385. The number of benzene rings is 1. The Morgan fingerprint density at radius 3 is 2.61 bits per heavy atom. The second-order valence-corrected chi connectivity index (χ2v) is 4.83. The summed E-state index contributed by atoms with van der Waals surface area (Å²) in [5.74, 6) is -0.117. The van der Waals surface area contributed by atoms with Crippen LogP contribution in [0, 0.1) is 5.92 Å². The standard InChI is InChI=1S/C13H17ClN2O2/c1-9(2)7-15-12(17)8-16-13(18)10-4-3-5-11(14)6-10/h3-6,9H,7-8H2,1-2H3,(H,15,17)(H,16,18). The summed E-state index contributed by atoms with van der Waals surface area (Å²) in [6.07, 6.45) is 0. The van der Waals surface area contributed by atoms with Crippen LogP contribution in [0.1, 0.15) is 24.2 Å². The van der Waals surface area contributed by atoms with Gasteiger partial charge in [0.2, 0.25) is 5.91 Å². The van der Waals surface area contributed by atoms with E-state index in [1.165, 1.54) is 0 Å². The van der Waals surface area contributed by atoms with E-state index in [9.17, 15) is 9.59 Å². The van der Waals surface area contributed by atoms with Gasteiger partial charge in [0.15, 0.2) is 0 Å². The van der Waals surface area contributed by atoms with Gasteiger partial charge < -0.3 is 10.6 Å². The Morgan fingerprint density at radius 2 is 2.00 bits per heavy atom. The van der Waals surface area contributed by atoms with Gasteiger partial charge in [0.1, 0.15) is 0 Å². The summed E-state index contributed by atoms with van der Waals surface area (Å²) in [4.78, 5) is 23.1. The van der Waals surface area contributed by atoms with Gasteiger partial charge in [-0.15, -0.1) is 0 Å². The van der Waals surface area contributed by atoms with Crippen LogP contribution < -0.4 is 10.6 Å². The van der Waals surface area contributed by atoms with Gasteiger partial charge >= 0.3 is 0 Å². The van der Waals surface area contributed by atoms with Gasteiger partial charge in [0.05, 0.1) is 6.54 Å². The van der Waals surface area contributed by atoms with E-state index < -0.39 is 0 Å². The molecule has 0 heterocycles. The van der Waals surface area contributed by atoms with Gasteiger partial charge in [0, 0.05) is 17.1 Å². The lowest BCUT2D eigenvalue weighted by atomic mass is 10.2. The van der Waals surface area contributed by atoms with Crippen LogP contribution in [-0.4, -0.2) is 24.9 Å². The second kappa shape index (κ2) is 7.01. The molecule has 0 spiro atoms. The number of rotatable bonds is 5. The van der Waals surface area contributed by atoms with Crippen LogP contribution in [-0.2, 0) is 4.79 Å². The van der Waals surface area contributed by atoms with E-state index in [0.717, 1.165) is 0 Å². The van der Waals surface area contributed by atoms with E-state index in [1.54, 1.807) is 24.3 Å². The summed E-state index contributed by atoms with van der Waals surface area (Å²) in [5.41, 5.74) is 0.444. The number of hydrogen-bond acceptors (Lipinski definition) is 2. The van der Waals surface area contributed by atoms with E-state index in [2.05, 4.69) is 10.6 Å². The molecule has 0 atom stereocenters. The quantitative estimate of drug-likeness (QED) is 0.856. The van der Waals surface area contributed by atoms with E-state index in [1.807, 2.05) is 13.8 Å². The highest BCUT2D eigenvalue weighted by Crippen LogP contribution is 2.10. The van der Waals surface area contributed by atoms with Crippen LogP contribution in [0.5, 0.6) is 0 Å². The molecule has 0 radical (unpaired) electrons. The molecule has 0 saturated carbocycles. The van der Waals surface area contributed by atoms with Gasteiger partial charge in [-0.05, 0) is 24.1 Å². The normalized spacial score (nSPS) is 10.2. The first-order valence-corrected chi connectivity index (χ1v) is 6.17. The maximum atomic E-state index is 11.7. The molecule has 2 N–H and O–H groups in total. The highest BCUT2D eigenvalue weighted by molar-refractivity contribution is 6.30. The lowest BCUT2D eigenvalue weighted by molar-refractivity contribution is -0.120. The van der Waals surface area contributed by atoms with Gasteiger partial charge in [-0.2, -0.15) is 0 Å². The van der Waals surface area contributed by atoms with Gasteiger partial charge in [-0.1, -0.05) is 31.5 Å². The number of carbonyl (C=O) groups is 2. The second-order valence-electron chi connectivity index (χ2n) is 4.39. The molecule has 1 aromatic rings. The smallest absolute Gasteiger partial charge is 0.251 e. The third kappa shape index (κ3) is 5.19. The fourth-order valence-corrected chi connectivity index (χ4v) is 1.46. The molecule has 0 aromatic heterocycles. The summed E-state index contributed by atoms with van der Waals surface area (Å²) in [5, 5.41) is 5.75. The van der Waals surface area contributed by atoms with Crippen molar-refractivity contribution in [2.45, 2.75) is 13.8 Å². The van der Waals surface area contributed by atoms with Crippen LogP contribution >= 0.6 is 11.6 Å². The predicted molar refractivity (Wildman–Crippen MR) is 71.6 cm³/mol. The lowest BCUT2D eigenvalue weighted by Gasteiger charge is -2.08. The van der Waals surface area contributed by atoms with Crippen LogP contribution in [0.25, 0.3) is 0 Å². The molecule has 5 heteroatoms. The highest BCUT2D eigenvalue weighted by atomic mass is 35.5. The molecule has 0 aliphatic rings. The molecule has 0 fully saturated rings. The SMILES string of the molecule is CC(C)CNC(=O)CNC(=O)c1cccc(Cl)c1. The fourth-order valence-electron chi connectivity index (χ4n) is 1.27. The predicted octanol–water partition coefficient (Wildman–Crippen LogP) is 1.84. The molecule has 0 saturated heterocycles. The first kappa shape index (κ1) is 14.5. The maximum absolute atomic E-state index is 11.7. The molecule has 0 unspecified atom stereocenters. The minimum absolute atomic E-state index is 0.0297. The van der Waals surface area contributed by atoms with E-state index >= 15 is 0 Å². The zero-order chi connectivity index (χ0) is 13.5. The van der Waals surface area contributed by atoms with Crippen molar-refractivity contribution in [1.82, 2.24) is 10.6 Å². The molecule has 98 valence electrons. The average Bonchev–Trinajstić information content (AvgIpc) is 2.33. The summed E-state index contributed by atoms with van der Waals surface area (Å²) in [6, 6.07) is 6.58. The number of nitrogens with one attached hydrogen (secondary N) is 2. The third-order valence-corrected chi connectivity index (χ3v) is 2.44. The van der Waals surface area contributed by atoms with Gasteiger partial charge in [0.25, 0.3) is 5.91 Å². The first-order chi connectivity index (χ1) is 8.49. The Balaban J connectivity index is 2.39. The number of carbonyl (C=O) groups excluding carboxylic acids is 2. The number of halogens is 1. The molecular weight excluding hydrogens is 252 g/mol. The van der Waals surface area contributed by atoms with Crippen LogP contribution in [0.2, 0.25) is 5.02 Å². The first-order valence-electron chi connectivity index (χ1n) is 5.79. The minimum Gasteiger partial charge on any atom is -0.354 e. The van der Waals surface area contributed by atoms with Crippen LogP contribution in [0.3, 0.4) is 0 Å². The van der Waals surface area contributed by atoms with Crippen molar-refractivity contribution in [3.05, 3.63) is 34.9 Å². The molecule has 1 rings (SSSR count). The van der Waals surface area contributed by atoms with Crippen molar-refractivity contribution in [2.75, 3.05) is 13.1 Å². The van der Waals surface area contributed by atoms with E-state index in [4.69, 9.17) is 11.6 Å². The van der Waals surface area contributed by atoms with Gasteiger partial charge in [-0.25, -0.2) is 0 Å². The largest absolute Gasteiger partial charge is 0.354 e. The van der Waals surface area contributed by atoms with Crippen molar-refractivity contribution in [1.29, 1.82) is 0 Å². The Hall–Kier alpha value is -1.55. The van der Waals surface area contributed by atoms with Crippen LogP contribution in [0.15, 0.2) is 24.3 Å². The monoisotopic (exact) mass is 268 g/mol. The summed E-state index contributed by atoms with van der Waals surface area (Å²) >= 11 is 5.78. The minimum atomic E-state index is -0.308. The Kier molecular flexibility index (Phi) is 5.65. The molecule has 1 aromatic carbocycles. The van der Waals surface area contributed by atoms with Crippen LogP contribution in [0.4, 0.5) is 0 Å². The van der Waals surface area contributed by atoms with E-state index in [0.29, 0.717) is 23.0 Å². The topological polar surface area (TPSA) is 58.2 Å². The molecule has 2 amide bonds. The molecule has 18 heavy (non-hydrogen) atoms. The zero-order valence-corrected chi connectivity index (χ0v) is 11.3. The van der Waals surface area contributed by atoms with Crippen molar-refractivity contribution in [3.63, 3.8) is 0 Å². The molecule has 0 aliphatic carbocycles. The van der Waals surface area contributed by atoms with Crippen molar-refractivity contribution in [2.24, 2.45) is 5.92 Å². The molecular formula is C13H17ClN2O2. The van der Waals surface area contributed by atoms with Gasteiger partial charge in [-0.3, -0.25) is 9.59 Å². The average molecular weight is 269 g/mol. The molecule has 0 aliphatic heterocycles. The Bertz CT molecular complexity index is 433. The van der Waals surface area contributed by atoms with E-state index in [-0.39, 0.29) is 18.4 Å². The Labute approximate surface area is 112 Å². The summed E-state index contributed by atoms with van der Waals surface area (Å²) in [6.45, 7) is 4.58. The zero-order valence-electron chi connectivity index (χ0n) is 10.5. The lowest BCUT2D eigenvalue weighted by Crippen LogP contribution is -2.38. The van der Waals surface area contributed by atoms with Crippen molar-refractivity contribution >= 4 is 23.4 Å². The summed E-state index contributed by atoms with van der Waals surface area (Å²) in [7, 11) is 0. The number of amides is 2. The highest BCUT2D eigenvalue weighted by Gasteiger charge is 2.08.